The summed E-state index contributed by atoms with van der Waals surface area (Å²) < 4.78 is 0. The van der Waals surface area contributed by atoms with Gasteiger partial charge in [0.25, 0.3) is 0 Å². The van der Waals surface area contributed by atoms with Gasteiger partial charge in [-0.25, -0.2) is 4.98 Å². The Morgan fingerprint density at radius 1 is 1.39 bits per heavy atom. The summed E-state index contributed by atoms with van der Waals surface area (Å²) in [5, 5.41) is 13.8. The van der Waals surface area contributed by atoms with Gasteiger partial charge < -0.3 is 0 Å². The lowest BCUT2D eigenvalue weighted by atomic mass is 10.0. The zero-order valence-electron chi connectivity index (χ0n) is 10.4. The van der Waals surface area contributed by atoms with E-state index in [9.17, 15) is 0 Å². The predicted octanol–water partition coefficient (Wildman–Crippen LogP) is 3.03. The van der Waals surface area contributed by atoms with E-state index in [0.717, 1.165) is 23.1 Å². The van der Waals surface area contributed by atoms with Gasteiger partial charge in [0.15, 0.2) is 0 Å². The Morgan fingerprint density at radius 2 is 2.33 bits per heavy atom. The normalized spacial score (nSPS) is 21.3. The standard InChI is InChI=1S/C12H16N4S2/c1-9-14-15-11(18-9)8-16-6-3-2-4-10(16)12-13-5-7-17-12/h5,7,10H,2-4,6,8H2,1H3/t10-/m1/s1. The zero-order chi connectivity index (χ0) is 12.4. The molecule has 0 bridgehead atoms. The molecule has 3 rings (SSSR count). The number of aromatic nitrogens is 3. The van der Waals surface area contributed by atoms with Crippen LogP contribution >= 0.6 is 22.7 Å². The van der Waals surface area contributed by atoms with Crippen LogP contribution in [0.25, 0.3) is 0 Å². The summed E-state index contributed by atoms with van der Waals surface area (Å²) in [6.07, 6.45) is 5.70. The van der Waals surface area contributed by atoms with Gasteiger partial charge in [-0.05, 0) is 26.3 Å². The average molecular weight is 280 g/mol. The van der Waals surface area contributed by atoms with Gasteiger partial charge >= 0.3 is 0 Å². The van der Waals surface area contributed by atoms with Gasteiger partial charge in [-0.15, -0.1) is 32.9 Å². The van der Waals surface area contributed by atoms with Crippen molar-refractivity contribution in [2.75, 3.05) is 6.54 Å². The minimum atomic E-state index is 0.475. The maximum Gasteiger partial charge on any atom is 0.131 e. The second kappa shape index (κ2) is 5.42. The zero-order valence-corrected chi connectivity index (χ0v) is 12.0. The fraction of sp³-hybridized carbons (Fsp3) is 0.583. The third-order valence-electron chi connectivity index (χ3n) is 3.26. The van der Waals surface area contributed by atoms with Crippen LogP contribution < -0.4 is 0 Å². The van der Waals surface area contributed by atoms with Crippen molar-refractivity contribution in [1.82, 2.24) is 20.1 Å². The molecule has 0 radical (unpaired) electrons. The van der Waals surface area contributed by atoms with Gasteiger partial charge in [-0.3, -0.25) is 4.90 Å². The SMILES string of the molecule is Cc1nnc(CN2CCCC[C@@H]2c2nccs2)s1. The quantitative estimate of drug-likeness (QED) is 0.866. The van der Waals surface area contributed by atoms with Crippen LogP contribution in [0.5, 0.6) is 0 Å². The molecule has 1 aliphatic rings. The molecule has 0 N–H and O–H groups in total. The fourth-order valence-electron chi connectivity index (χ4n) is 2.43. The van der Waals surface area contributed by atoms with Crippen LogP contribution in [0, 0.1) is 6.92 Å². The van der Waals surface area contributed by atoms with Crippen molar-refractivity contribution < 1.29 is 0 Å². The molecule has 96 valence electrons. The number of aryl methyl sites for hydroxylation is 1. The Hall–Kier alpha value is -0.850. The van der Waals surface area contributed by atoms with E-state index < -0.39 is 0 Å². The van der Waals surface area contributed by atoms with E-state index in [-0.39, 0.29) is 0 Å². The van der Waals surface area contributed by atoms with E-state index in [4.69, 9.17) is 0 Å². The molecule has 1 saturated heterocycles. The molecule has 4 nitrogen and oxygen atoms in total. The Labute approximate surface area is 115 Å². The lowest BCUT2D eigenvalue weighted by Crippen LogP contribution is -2.32. The van der Waals surface area contributed by atoms with E-state index in [0.29, 0.717) is 6.04 Å². The van der Waals surface area contributed by atoms with Gasteiger partial charge in [0.2, 0.25) is 0 Å². The van der Waals surface area contributed by atoms with E-state index in [1.54, 1.807) is 22.7 Å². The number of piperidine rings is 1. The molecule has 1 fully saturated rings. The minimum absolute atomic E-state index is 0.475. The minimum Gasteiger partial charge on any atom is -0.287 e. The van der Waals surface area contributed by atoms with Crippen LogP contribution in [0.2, 0.25) is 0 Å². The molecule has 0 spiro atoms. The Kier molecular flexibility index (Phi) is 3.67. The lowest BCUT2D eigenvalue weighted by molar-refractivity contribution is 0.140. The first-order chi connectivity index (χ1) is 8.83. The van der Waals surface area contributed by atoms with E-state index in [1.807, 2.05) is 13.1 Å². The number of hydrogen-bond donors (Lipinski definition) is 0. The molecule has 0 saturated carbocycles. The van der Waals surface area contributed by atoms with Crippen molar-refractivity contribution in [2.45, 2.75) is 38.8 Å². The molecule has 3 heterocycles. The summed E-state index contributed by atoms with van der Waals surface area (Å²) in [6, 6.07) is 0.475. The number of rotatable bonds is 3. The first kappa shape index (κ1) is 12.2. The molecule has 18 heavy (non-hydrogen) atoms. The Morgan fingerprint density at radius 3 is 3.06 bits per heavy atom. The molecule has 1 atom stereocenters. The number of nitrogens with zero attached hydrogens (tertiary/aromatic N) is 4. The van der Waals surface area contributed by atoms with E-state index in [1.165, 1.54) is 24.3 Å². The highest BCUT2D eigenvalue weighted by Crippen LogP contribution is 2.33. The summed E-state index contributed by atoms with van der Waals surface area (Å²) in [6.45, 7) is 4.06. The molecule has 0 amide bonds. The van der Waals surface area contributed by atoms with Crippen LogP contribution in [0.1, 0.15) is 40.3 Å². The highest BCUT2D eigenvalue weighted by molar-refractivity contribution is 7.11. The van der Waals surface area contributed by atoms with Crippen molar-refractivity contribution in [3.05, 3.63) is 26.6 Å². The Balaban J connectivity index is 1.76. The highest BCUT2D eigenvalue weighted by Gasteiger charge is 2.26. The first-order valence-corrected chi connectivity index (χ1v) is 7.95. The second-order valence-corrected chi connectivity index (χ2v) is 6.76. The van der Waals surface area contributed by atoms with Crippen LogP contribution in [-0.4, -0.2) is 26.6 Å². The van der Waals surface area contributed by atoms with Crippen LogP contribution in [0.15, 0.2) is 11.6 Å². The predicted molar refractivity (Wildman–Crippen MR) is 73.8 cm³/mol. The van der Waals surface area contributed by atoms with Crippen LogP contribution in [0.3, 0.4) is 0 Å². The maximum atomic E-state index is 4.48. The first-order valence-electron chi connectivity index (χ1n) is 6.25. The van der Waals surface area contributed by atoms with Crippen LogP contribution in [-0.2, 0) is 6.54 Å². The number of thiazole rings is 1. The maximum absolute atomic E-state index is 4.48. The van der Waals surface area contributed by atoms with E-state index in [2.05, 4.69) is 25.5 Å². The summed E-state index contributed by atoms with van der Waals surface area (Å²) in [4.78, 5) is 6.98. The van der Waals surface area contributed by atoms with Gasteiger partial charge in [-0.2, -0.15) is 0 Å². The van der Waals surface area contributed by atoms with Gasteiger partial charge in [0.05, 0.1) is 12.6 Å². The molecule has 0 aliphatic carbocycles. The number of hydrogen-bond acceptors (Lipinski definition) is 6. The van der Waals surface area contributed by atoms with Crippen molar-refractivity contribution in [1.29, 1.82) is 0 Å². The third kappa shape index (κ3) is 2.60. The smallest absolute Gasteiger partial charge is 0.131 e. The molecule has 0 unspecified atom stereocenters. The molecular weight excluding hydrogens is 264 g/mol. The molecule has 0 aromatic carbocycles. The molecular formula is C12H16N4S2. The summed E-state index contributed by atoms with van der Waals surface area (Å²) in [7, 11) is 0. The average Bonchev–Trinajstić information content (AvgIpc) is 3.02. The van der Waals surface area contributed by atoms with Gasteiger partial charge in [0.1, 0.15) is 15.0 Å². The Bertz CT molecular complexity index is 494. The topological polar surface area (TPSA) is 41.9 Å². The summed E-state index contributed by atoms with van der Waals surface area (Å²) >= 11 is 3.46. The second-order valence-electron chi connectivity index (χ2n) is 4.57. The van der Waals surface area contributed by atoms with Crippen molar-refractivity contribution in [3.63, 3.8) is 0 Å². The van der Waals surface area contributed by atoms with Crippen molar-refractivity contribution in [2.24, 2.45) is 0 Å². The highest BCUT2D eigenvalue weighted by atomic mass is 32.1. The fourth-order valence-corrected chi connectivity index (χ4v) is 3.98. The van der Waals surface area contributed by atoms with Gasteiger partial charge in [0, 0.05) is 11.6 Å². The molecule has 2 aromatic rings. The van der Waals surface area contributed by atoms with Crippen LogP contribution in [0.4, 0.5) is 0 Å². The van der Waals surface area contributed by atoms with Crippen molar-refractivity contribution in [3.8, 4) is 0 Å². The van der Waals surface area contributed by atoms with Crippen molar-refractivity contribution >= 4 is 22.7 Å². The van der Waals surface area contributed by atoms with Gasteiger partial charge in [-0.1, -0.05) is 6.42 Å². The molecule has 6 heteroatoms. The number of likely N-dealkylation sites (tertiary alicyclic amines) is 1. The lowest BCUT2D eigenvalue weighted by Gasteiger charge is -2.33. The summed E-state index contributed by atoms with van der Waals surface area (Å²) in [5.41, 5.74) is 0. The summed E-state index contributed by atoms with van der Waals surface area (Å²) in [5.74, 6) is 0. The molecule has 2 aromatic heterocycles. The van der Waals surface area contributed by atoms with E-state index >= 15 is 0 Å². The molecule has 1 aliphatic heterocycles. The third-order valence-corrected chi connectivity index (χ3v) is 4.96. The monoisotopic (exact) mass is 280 g/mol. The largest absolute Gasteiger partial charge is 0.287 e.